The third-order valence-electron chi connectivity index (χ3n) is 3.26. The van der Waals surface area contributed by atoms with E-state index in [1.165, 1.54) is 4.88 Å². The van der Waals surface area contributed by atoms with Crippen LogP contribution in [0.15, 0.2) is 36.4 Å². The number of hydrogen-bond acceptors (Lipinski definition) is 5. The monoisotopic (exact) mass is 370 g/mol. The Balaban J connectivity index is 0.00000288. The molecule has 0 aliphatic heterocycles. The molecule has 0 aliphatic carbocycles. The summed E-state index contributed by atoms with van der Waals surface area (Å²) in [6.07, 6.45) is 0. The maximum atomic E-state index is 11.7. The molecule has 1 amide bonds. The minimum atomic E-state index is -0.0134. The summed E-state index contributed by atoms with van der Waals surface area (Å²) in [6, 6.07) is 12.1. The van der Waals surface area contributed by atoms with Crippen LogP contribution in [0, 0.1) is 0 Å². The van der Waals surface area contributed by atoms with Gasteiger partial charge in [0.05, 0.1) is 26.8 Å². The zero-order valence-corrected chi connectivity index (χ0v) is 15.5. The van der Waals surface area contributed by atoms with Crippen LogP contribution in [0.1, 0.15) is 4.88 Å². The van der Waals surface area contributed by atoms with Crippen LogP contribution in [-0.4, -0.2) is 39.8 Å². The van der Waals surface area contributed by atoms with Crippen molar-refractivity contribution >= 4 is 29.7 Å². The number of methoxy groups -OCH3 is 2. The van der Waals surface area contributed by atoms with Crippen molar-refractivity contribution < 1.29 is 14.3 Å². The molecule has 0 saturated carbocycles. The lowest BCUT2D eigenvalue weighted by atomic mass is 10.2. The number of benzene rings is 1. The van der Waals surface area contributed by atoms with E-state index >= 15 is 0 Å². The van der Waals surface area contributed by atoms with E-state index in [1.54, 1.807) is 25.6 Å². The number of carbonyl (C=O) groups excluding carboxylic acids is 1. The molecule has 0 fully saturated rings. The summed E-state index contributed by atoms with van der Waals surface area (Å²) in [5.74, 6) is 0.833. The molecule has 24 heavy (non-hydrogen) atoms. The Kier molecular flexibility index (Phi) is 9.41. The molecule has 5 nitrogen and oxygen atoms in total. The predicted molar refractivity (Wildman–Crippen MR) is 100 cm³/mol. The third kappa shape index (κ3) is 6.49. The maximum absolute atomic E-state index is 11.7. The van der Waals surface area contributed by atoms with Crippen LogP contribution in [-0.2, 0) is 16.1 Å². The fourth-order valence-electron chi connectivity index (χ4n) is 2.01. The average molecular weight is 371 g/mol. The third-order valence-corrected chi connectivity index (χ3v) is 4.40. The van der Waals surface area contributed by atoms with Crippen molar-refractivity contribution in [3.63, 3.8) is 0 Å². The van der Waals surface area contributed by atoms with Gasteiger partial charge >= 0.3 is 0 Å². The number of rotatable bonds is 9. The van der Waals surface area contributed by atoms with E-state index < -0.39 is 0 Å². The molecule has 7 heteroatoms. The van der Waals surface area contributed by atoms with E-state index in [4.69, 9.17) is 9.47 Å². The van der Waals surface area contributed by atoms with Gasteiger partial charge in [-0.2, -0.15) is 0 Å². The smallest absolute Gasteiger partial charge is 0.234 e. The fraction of sp³-hybridized carbons (Fsp3) is 0.353. The van der Waals surface area contributed by atoms with Gasteiger partial charge in [0.15, 0.2) is 0 Å². The lowest BCUT2D eigenvalue weighted by Crippen LogP contribution is -2.34. The highest BCUT2D eigenvalue weighted by molar-refractivity contribution is 7.15. The van der Waals surface area contributed by atoms with Crippen molar-refractivity contribution in [1.82, 2.24) is 10.6 Å². The van der Waals surface area contributed by atoms with Gasteiger partial charge in [0.2, 0.25) is 5.91 Å². The first kappa shape index (κ1) is 20.4. The Morgan fingerprint density at radius 3 is 2.54 bits per heavy atom. The van der Waals surface area contributed by atoms with Crippen molar-refractivity contribution in [2.45, 2.75) is 6.54 Å². The Morgan fingerprint density at radius 1 is 1.12 bits per heavy atom. The van der Waals surface area contributed by atoms with Gasteiger partial charge in [0.25, 0.3) is 0 Å². The predicted octanol–water partition coefficient (Wildman–Crippen LogP) is 2.70. The molecule has 1 aromatic heterocycles. The van der Waals surface area contributed by atoms with Gasteiger partial charge in [-0.15, -0.1) is 23.7 Å². The Bertz CT molecular complexity index is 617. The summed E-state index contributed by atoms with van der Waals surface area (Å²) >= 11 is 1.68. The number of hydrogen-bond donors (Lipinski definition) is 2. The van der Waals surface area contributed by atoms with E-state index in [2.05, 4.69) is 16.7 Å². The molecule has 1 heterocycles. The molecule has 2 rings (SSSR count). The molecule has 0 saturated heterocycles. The first-order valence-electron chi connectivity index (χ1n) is 7.42. The summed E-state index contributed by atoms with van der Waals surface area (Å²) in [5, 5.41) is 5.93. The van der Waals surface area contributed by atoms with Gasteiger partial charge in [0, 0.05) is 23.4 Å². The average Bonchev–Trinajstić information content (AvgIpc) is 3.06. The van der Waals surface area contributed by atoms with Gasteiger partial charge < -0.3 is 20.1 Å². The number of ether oxygens (including phenoxy) is 2. The highest BCUT2D eigenvalue weighted by atomic mass is 35.5. The van der Waals surface area contributed by atoms with E-state index in [9.17, 15) is 4.79 Å². The first-order chi connectivity index (χ1) is 11.2. The van der Waals surface area contributed by atoms with Gasteiger partial charge in [-0.3, -0.25) is 4.79 Å². The molecule has 132 valence electrons. The molecule has 1 aromatic carbocycles. The molecule has 2 aromatic rings. The van der Waals surface area contributed by atoms with Crippen LogP contribution in [0.2, 0.25) is 0 Å². The minimum Gasteiger partial charge on any atom is -0.497 e. The molecule has 0 atom stereocenters. The van der Waals surface area contributed by atoms with Crippen molar-refractivity contribution in [3.05, 3.63) is 41.3 Å². The zero-order chi connectivity index (χ0) is 16.5. The van der Waals surface area contributed by atoms with Crippen LogP contribution in [0.4, 0.5) is 0 Å². The largest absolute Gasteiger partial charge is 0.497 e. The summed E-state index contributed by atoms with van der Waals surface area (Å²) in [7, 11) is 3.30. The molecule has 0 spiro atoms. The maximum Gasteiger partial charge on any atom is 0.234 e. The number of nitrogens with one attached hydrogen (secondary N) is 2. The lowest BCUT2D eigenvalue weighted by molar-refractivity contribution is -0.120. The Hall–Kier alpha value is -1.60. The molecule has 0 unspecified atom stereocenters. The lowest BCUT2D eigenvalue weighted by Gasteiger charge is -2.05. The van der Waals surface area contributed by atoms with Crippen LogP contribution >= 0.6 is 23.7 Å². The molecule has 0 bridgehead atoms. The first-order valence-corrected chi connectivity index (χ1v) is 8.24. The molecular weight excluding hydrogens is 348 g/mol. The second-order valence-corrected chi connectivity index (χ2v) is 6.11. The van der Waals surface area contributed by atoms with E-state index in [0.717, 1.165) is 16.2 Å². The van der Waals surface area contributed by atoms with Crippen LogP contribution in [0.5, 0.6) is 5.75 Å². The van der Waals surface area contributed by atoms with E-state index in [1.807, 2.05) is 30.3 Å². The van der Waals surface area contributed by atoms with Gasteiger partial charge in [0.1, 0.15) is 5.75 Å². The van der Waals surface area contributed by atoms with E-state index in [-0.39, 0.29) is 18.3 Å². The van der Waals surface area contributed by atoms with E-state index in [0.29, 0.717) is 26.2 Å². The molecule has 0 radical (unpaired) electrons. The highest BCUT2D eigenvalue weighted by Gasteiger charge is 2.05. The number of thiophene rings is 1. The Morgan fingerprint density at radius 2 is 1.88 bits per heavy atom. The SMILES string of the molecule is COCCNCC(=O)NCc1ccc(-c2ccc(OC)cc2)s1.Cl. The summed E-state index contributed by atoms with van der Waals surface area (Å²) < 4.78 is 10.1. The van der Waals surface area contributed by atoms with Crippen LogP contribution in [0.25, 0.3) is 10.4 Å². The highest BCUT2D eigenvalue weighted by Crippen LogP contribution is 2.29. The number of halogens is 1. The number of amides is 1. The van der Waals surface area contributed by atoms with Crippen LogP contribution < -0.4 is 15.4 Å². The van der Waals surface area contributed by atoms with Crippen molar-refractivity contribution in [1.29, 1.82) is 0 Å². The summed E-state index contributed by atoms with van der Waals surface area (Å²) in [6.45, 7) is 2.12. The zero-order valence-electron chi connectivity index (χ0n) is 13.8. The minimum absolute atomic E-state index is 0. The topological polar surface area (TPSA) is 59.6 Å². The van der Waals surface area contributed by atoms with Crippen LogP contribution in [0.3, 0.4) is 0 Å². The normalized spacial score (nSPS) is 10.1. The van der Waals surface area contributed by atoms with Gasteiger partial charge in [-0.25, -0.2) is 0 Å². The standard InChI is InChI=1S/C17H22N2O3S.ClH/c1-21-10-9-18-12-17(20)19-11-15-7-8-16(23-15)13-3-5-14(22-2)6-4-13;/h3-8,18H,9-12H2,1-2H3,(H,19,20);1H. The number of carbonyl (C=O) groups is 1. The van der Waals surface area contributed by atoms with Crippen molar-refractivity contribution in [3.8, 4) is 16.2 Å². The van der Waals surface area contributed by atoms with Gasteiger partial charge in [-0.05, 0) is 42.0 Å². The molecule has 2 N–H and O–H groups in total. The second kappa shape index (κ2) is 11.0. The summed E-state index contributed by atoms with van der Waals surface area (Å²) in [4.78, 5) is 14.0. The van der Waals surface area contributed by atoms with Crippen molar-refractivity contribution in [2.24, 2.45) is 0 Å². The second-order valence-electron chi connectivity index (χ2n) is 4.94. The summed E-state index contributed by atoms with van der Waals surface area (Å²) in [5.41, 5.74) is 1.15. The quantitative estimate of drug-likeness (QED) is 0.666. The fourth-order valence-corrected chi connectivity index (χ4v) is 2.96. The molecular formula is C17H23ClN2O3S. The van der Waals surface area contributed by atoms with Gasteiger partial charge in [-0.1, -0.05) is 0 Å². The molecule has 0 aliphatic rings. The van der Waals surface area contributed by atoms with Crippen molar-refractivity contribution in [2.75, 3.05) is 33.9 Å². The Labute approximate surface area is 152 Å².